The summed E-state index contributed by atoms with van der Waals surface area (Å²) in [4.78, 5) is 29.9. The summed E-state index contributed by atoms with van der Waals surface area (Å²) in [6.45, 7) is 15.6. The fourth-order valence-electron chi connectivity index (χ4n) is 3.61. The predicted octanol–water partition coefficient (Wildman–Crippen LogP) is 5.46. The van der Waals surface area contributed by atoms with E-state index in [1.54, 1.807) is 4.90 Å². The minimum absolute atomic E-state index is 0.00700. The van der Waals surface area contributed by atoms with E-state index in [-0.39, 0.29) is 24.4 Å². The highest BCUT2D eigenvalue weighted by atomic mass is 35.5. The smallest absolute Gasteiger partial charge is 0.242 e. The Labute approximate surface area is 198 Å². The summed E-state index contributed by atoms with van der Waals surface area (Å²) in [5.74, 6) is 0.277. The molecule has 1 heterocycles. The van der Waals surface area contributed by atoms with E-state index in [2.05, 4.69) is 18.4 Å². The van der Waals surface area contributed by atoms with Crippen LogP contribution in [0, 0.1) is 11.3 Å². The Morgan fingerprint density at radius 2 is 1.69 bits per heavy atom. The molecule has 0 radical (unpaired) electrons. The van der Waals surface area contributed by atoms with Gasteiger partial charge in [0.2, 0.25) is 11.8 Å². The first-order valence-electron chi connectivity index (χ1n) is 11.4. The standard InChI is InChI=1S/C26H38ClN3O2/c1-19(2)15-29(24(31)18-30(20(3)4)25(32)26(5,6)7)17-22-12-10-14-28(22)16-21-11-8-9-13-23(21)27/h8-14,19-20H,15-18H2,1-7H3. The highest BCUT2D eigenvalue weighted by molar-refractivity contribution is 6.31. The van der Waals surface area contributed by atoms with Crippen molar-refractivity contribution in [2.75, 3.05) is 13.1 Å². The number of amides is 2. The zero-order chi connectivity index (χ0) is 24.1. The molecular formula is C26H38ClN3O2. The summed E-state index contributed by atoms with van der Waals surface area (Å²) in [5.41, 5.74) is 1.55. The molecule has 0 atom stereocenters. The summed E-state index contributed by atoms with van der Waals surface area (Å²) in [6.07, 6.45) is 2.01. The number of hydrogen-bond donors (Lipinski definition) is 0. The van der Waals surface area contributed by atoms with E-state index in [0.29, 0.717) is 25.6 Å². The molecule has 0 saturated heterocycles. The molecule has 5 nitrogen and oxygen atoms in total. The number of hydrogen-bond acceptors (Lipinski definition) is 2. The zero-order valence-electron chi connectivity index (χ0n) is 20.6. The van der Waals surface area contributed by atoms with Gasteiger partial charge in [0.15, 0.2) is 0 Å². The van der Waals surface area contributed by atoms with Crippen LogP contribution in [0.15, 0.2) is 42.6 Å². The third-order valence-electron chi connectivity index (χ3n) is 5.34. The average molecular weight is 460 g/mol. The molecule has 2 amide bonds. The second-order valence-corrected chi connectivity index (χ2v) is 10.6. The second kappa shape index (κ2) is 11.0. The van der Waals surface area contributed by atoms with Gasteiger partial charge < -0.3 is 14.4 Å². The van der Waals surface area contributed by atoms with Gasteiger partial charge in [-0.2, -0.15) is 0 Å². The zero-order valence-corrected chi connectivity index (χ0v) is 21.3. The van der Waals surface area contributed by atoms with Crippen LogP contribution in [0.3, 0.4) is 0 Å². The Hall–Kier alpha value is -2.27. The van der Waals surface area contributed by atoms with Crippen LogP contribution in [-0.4, -0.2) is 45.3 Å². The second-order valence-electron chi connectivity index (χ2n) is 10.2. The normalized spacial score (nSPS) is 11.8. The summed E-state index contributed by atoms with van der Waals surface area (Å²) in [7, 11) is 0. The van der Waals surface area contributed by atoms with Crippen LogP contribution in [0.2, 0.25) is 5.02 Å². The van der Waals surface area contributed by atoms with Crippen molar-refractivity contribution in [1.82, 2.24) is 14.4 Å². The van der Waals surface area contributed by atoms with E-state index in [4.69, 9.17) is 11.6 Å². The quantitative estimate of drug-likeness (QED) is 0.500. The molecule has 1 aromatic heterocycles. The minimum atomic E-state index is -0.531. The van der Waals surface area contributed by atoms with Crippen molar-refractivity contribution in [2.24, 2.45) is 11.3 Å². The number of carbonyl (C=O) groups is 2. The molecular weight excluding hydrogens is 422 g/mol. The molecule has 32 heavy (non-hydrogen) atoms. The molecule has 0 N–H and O–H groups in total. The van der Waals surface area contributed by atoms with Crippen molar-refractivity contribution in [1.29, 1.82) is 0 Å². The van der Waals surface area contributed by atoms with Gasteiger partial charge in [-0.3, -0.25) is 9.59 Å². The van der Waals surface area contributed by atoms with Gasteiger partial charge in [-0.15, -0.1) is 0 Å². The molecule has 0 aliphatic heterocycles. The number of carbonyl (C=O) groups excluding carboxylic acids is 2. The molecule has 0 bridgehead atoms. The maximum atomic E-state index is 13.4. The van der Waals surface area contributed by atoms with Crippen LogP contribution in [0.25, 0.3) is 0 Å². The van der Waals surface area contributed by atoms with Crippen LogP contribution >= 0.6 is 11.6 Å². The van der Waals surface area contributed by atoms with Crippen molar-refractivity contribution >= 4 is 23.4 Å². The van der Waals surface area contributed by atoms with Crippen molar-refractivity contribution in [2.45, 2.75) is 67.6 Å². The van der Waals surface area contributed by atoms with E-state index in [1.165, 1.54) is 0 Å². The molecule has 2 aromatic rings. The van der Waals surface area contributed by atoms with Crippen LogP contribution in [-0.2, 0) is 22.7 Å². The Balaban J connectivity index is 2.22. The largest absolute Gasteiger partial charge is 0.345 e. The van der Waals surface area contributed by atoms with E-state index >= 15 is 0 Å². The number of rotatable bonds is 9. The molecule has 0 aliphatic carbocycles. The van der Waals surface area contributed by atoms with Gasteiger partial charge in [0.05, 0.1) is 6.54 Å². The third-order valence-corrected chi connectivity index (χ3v) is 5.71. The number of benzene rings is 1. The fourth-order valence-corrected chi connectivity index (χ4v) is 3.81. The van der Waals surface area contributed by atoms with Crippen molar-refractivity contribution < 1.29 is 9.59 Å². The first-order chi connectivity index (χ1) is 14.9. The van der Waals surface area contributed by atoms with Crippen molar-refractivity contribution in [3.8, 4) is 0 Å². The maximum absolute atomic E-state index is 13.4. The minimum Gasteiger partial charge on any atom is -0.345 e. The van der Waals surface area contributed by atoms with Crippen LogP contribution in [0.1, 0.15) is 59.7 Å². The van der Waals surface area contributed by atoms with Gasteiger partial charge in [0.1, 0.15) is 6.54 Å². The van der Waals surface area contributed by atoms with Crippen LogP contribution in [0.4, 0.5) is 0 Å². The molecule has 0 spiro atoms. The predicted molar refractivity (Wildman–Crippen MR) is 132 cm³/mol. The van der Waals surface area contributed by atoms with Gasteiger partial charge in [-0.05, 0) is 43.5 Å². The van der Waals surface area contributed by atoms with Gasteiger partial charge in [0, 0.05) is 41.5 Å². The Kier molecular flexibility index (Phi) is 8.97. The van der Waals surface area contributed by atoms with Crippen molar-refractivity contribution in [3.05, 3.63) is 58.9 Å². The molecule has 0 saturated carbocycles. The highest BCUT2D eigenvalue weighted by Gasteiger charge is 2.31. The summed E-state index contributed by atoms with van der Waals surface area (Å²) in [5, 5.41) is 0.732. The molecule has 6 heteroatoms. The number of nitrogens with zero attached hydrogens (tertiary/aromatic N) is 3. The fraction of sp³-hybridized carbons (Fsp3) is 0.538. The van der Waals surface area contributed by atoms with E-state index in [9.17, 15) is 9.59 Å². The Bertz CT molecular complexity index is 912. The third kappa shape index (κ3) is 7.13. The number of aromatic nitrogens is 1. The van der Waals surface area contributed by atoms with E-state index < -0.39 is 5.41 Å². The van der Waals surface area contributed by atoms with Gasteiger partial charge in [-0.25, -0.2) is 0 Å². The van der Waals surface area contributed by atoms with Crippen LogP contribution in [0.5, 0.6) is 0 Å². The summed E-state index contributed by atoms with van der Waals surface area (Å²) in [6, 6.07) is 11.8. The summed E-state index contributed by atoms with van der Waals surface area (Å²) < 4.78 is 2.13. The molecule has 0 aliphatic rings. The first-order valence-corrected chi connectivity index (χ1v) is 11.7. The lowest BCUT2D eigenvalue weighted by Crippen LogP contribution is -2.49. The highest BCUT2D eigenvalue weighted by Crippen LogP contribution is 2.21. The van der Waals surface area contributed by atoms with Gasteiger partial charge >= 0.3 is 0 Å². The van der Waals surface area contributed by atoms with E-state index in [1.807, 2.05) is 82.1 Å². The van der Waals surface area contributed by atoms with Gasteiger partial charge in [-0.1, -0.05) is 64.4 Å². The topological polar surface area (TPSA) is 45.6 Å². The molecule has 0 fully saturated rings. The Morgan fingerprint density at radius 3 is 2.25 bits per heavy atom. The van der Waals surface area contributed by atoms with Crippen molar-refractivity contribution in [3.63, 3.8) is 0 Å². The molecule has 0 unspecified atom stereocenters. The monoisotopic (exact) mass is 459 g/mol. The van der Waals surface area contributed by atoms with Gasteiger partial charge in [0.25, 0.3) is 0 Å². The SMILES string of the molecule is CC(C)CN(Cc1cccn1Cc1ccccc1Cl)C(=O)CN(C(=O)C(C)(C)C)C(C)C. The molecule has 2 rings (SSSR count). The lowest BCUT2D eigenvalue weighted by Gasteiger charge is -2.34. The first kappa shape index (κ1) is 26.0. The van der Waals surface area contributed by atoms with E-state index in [0.717, 1.165) is 16.3 Å². The lowest BCUT2D eigenvalue weighted by atomic mass is 9.94. The van der Waals surface area contributed by atoms with Crippen LogP contribution < -0.4 is 0 Å². The maximum Gasteiger partial charge on any atom is 0.242 e. The number of halogens is 1. The lowest BCUT2D eigenvalue weighted by molar-refractivity contribution is -0.147. The average Bonchev–Trinajstić information content (AvgIpc) is 3.12. The Morgan fingerprint density at radius 1 is 1.03 bits per heavy atom. The summed E-state index contributed by atoms with van der Waals surface area (Å²) >= 11 is 6.36. The molecule has 1 aromatic carbocycles. The molecule has 176 valence electrons.